The molecule has 1 radical (unpaired) electrons. The first-order valence-electron chi connectivity index (χ1n) is 9.78. The van der Waals surface area contributed by atoms with E-state index in [0.29, 0.717) is 34.5 Å². The molecule has 5 rings (SSSR count). The van der Waals surface area contributed by atoms with Crippen LogP contribution in [-0.4, -0.2) is 33.1 Å². The maximum absolute atomic E-state index is 5.56. The van der Waals surface area contributed by atoms with E-state index in [1.165, 1.54) is 25.1 Å². The minimum Gasteiger partial charge on any atom is -1.00 e. The Labute approximate surface area is 243 Å². The molecule has 0 unspecified atom stereocenters. The number of thiocarbonyl (C=S) groups is 2. The van der Waals surface area contributed by atoms with Gasteiger partial charge < -0.3 is 42.5 Å². The van der Waals surface area contributed by atoms with Gasteiger partial charge in [-0.25, -0.2) is 9.98 Å². The van der Waals surface area contributed by atoms with E-state index in [1.807, 2.05) is 0 Å². The largest absolute Gasteiger partial charge is 2.00 e. The summed E-state index contributed by atoms with van der Waals surface area (Å²) in [6, 6.07) is 13.7. The minimum atomic E-state index is 0. The Morgan fingerprint density at radius 3 is 1.08 bits per heavy atom. The molecule has 0 saturated carbocycles. The predicted molar refractivity (Wildman–Crippen MR) is 132 cm³/mol. The van der Waals surface area contributed by atoms with Crippen molar-refractivity contribution in [1.82, 2.24) is 10.9 Å². The standard InChI is InChI=1S/C22H14N6O4S2.2ClH.Mn/c33-21-23-17(13-5-1-9-29-13)18(14-6-2-10-30-14)24-22(34)28-26-20(16-8-4-12-32-16)19(25-27-21)15-7-3-11-31-15;;;/h1-12H,(H,23,27,33)(H,24,28,34);2*1H;/q;;;+2/p-2. The van der Waals surface area contributed by atoms with Crippen molar-refractivity contribution in [2.24, 2.45) is 20.2 Å². The zero-order valence-electron chi connectivity index (χ0n) is 18.3. The first-order valence-corrected chi connectivity index (χ1v) is 10.6. The molecule has 2 N–H and O–H groups in total. The van der Waals surface area contributed by atoms with Crippen molar-refractivity contribution in [3.8, 4) is 0 Å². The van der Waals surface area contributed by atoms with Crippen molar-refractivity contribution < 1.29 is 59.6 Å². The first kappa shape index (κ1) is 29.9. The zero-order chi connectivity index (χ0) is 23.3. The van der Waals surface area contributed by atoms with Gasteiger partial charge in [0.1, 0.15) is 11.4 Å². The summed E-state index contributed by atoms with van der Waals surface area (Å²) < 4.78 is 22.2. The molecular weight excluding hydrogens is 602 g/mol. The maximum atomic E-state index is 5.56. The molecular formula is C22H14Cl2MnN6O4S2. The fourth-order valence-electron chi connectivity index (χ4n) is 3.01. The van der Waals surface area contributed by atoms with Crippen molar-refractivity contribution in [1.29, 1.82) is 0 Å². The van der Waals surface area contributed by atoms with Crippen molar-refractivity contribution in [2.75, 3.05) is 0 Å². The number of furan rings is 4. The quantitative estimate of drug-likeness (QED) is 0.198. The van der Waals surface area contributed by atoms with E-state index in [0.717, 1.165) is 0 Å². The Hall–Kier alpha value is -3.32. The number of nitrogens with zero attached hydrogens (tertiary/aromatic N) is 4. The van der Waals surface area contributed by atoms with Gasteiger partial charge in [0.25, 0.3) is 0 Å². The number of nitrogens with one attached hydrogen (secondary N) is 2. The monoisotopic (exact) mass is 615 g/mol. The Morgan fingerprint density at radius 1 is 0.514 bits per heavy atom. The molecule has 1 aliphatic heterocycles. The summed E-state index contributed by atoms with van der Waals surface area (Å²) in [6.45, 7) is 0. The van der Waals surface area contributed by atoms with Crippen LogP contribution in [0.4, 0.5) is 0 Å². The number of halogens is 2. The molecule has 0 aromatic carbocycles. The van der Waals surface area contributed by atoms with Gasteiger partial charge in [0.15, 0.2) is 34.5 Å². The first-order chi connectivity index (χ1) is 16.7. The van der Waals surface area contributed by atoms with Crippen LogP contribution in [0.2, 0.25) is 0 Å². The van der Waals surface area contributed by atoms with Gasteiger partial charge in [0.2, 0.25) is 10.2 Å². The van der Waals surface area contributed by atoms with Gasteiger partial charge in [0.05, 0.1) is 25.1 Å². The maximum Gasteiger partial charge on any atom is 2.00 e. The fraction of sp³-hybridized carbons (Fsp3) is 0. The smallest absolute Gasteiger partial charge is 1.00 e. The summed E-state index contributed by atoms with van der Waals surface area (Å²) in [7, 11) is 0. The molecule has 4 aromatic heterocycles. The van der Waals surface area contributed by atoms with Gasteiger partial charge >= 0.3 is 17.1 Å². The van der Waals surface area contributed by atoms with Crippen LogP contribution in [0.5, 0.6) is 0 Å². The number of hydrazone groups is 2. The van der Waals surface area contributed by atoms with E-state index < -0.39 is 0 Å². The molecule has 0 spiro atoms. The molecule has 0 fully saturated rings. The second kappa shape index (κ2) is 13.8. The second-order valence-corrected chi connectivity index (χ2v) is 7.36. The van der Waals surface area contributed by atoms with Crippen LogP contribution in [0.1, 0.15) is 23.0 Å². The van der Waals surface area contributed by atoms with E-state index >= 15 is 0 Å². The molecule has 10 nitrogen and oxygen atoms in total. The second-order valence-electron chi connectivity index (χ2n) is 6.58. The average Bonchev–Trinajstić information content (AvgIpc) is 3.65. The van der Waals surface area contributed by atoms with Gasteiger partial charge in [0, 0.05) is 0 Å². The number of hydrogen-bond acceptors (Lipinski definition) is 8. The molecule has 4 aromatic rings. The Kier molecular flexibility index (Phi) is 11.2. The third-order valence-electron chi connectivity index (χ3n) is 4.42. The predicted octanol–water partition coefficient (Wildman–Crippen LogP) is -2.09. The van der Waals surface area contributed by atoms with Crippen LogP contribution in [0.25, 0.3) is 0 Å². The number of rotatable bonds is 4. The van der Waals surface area contributed by atoms with Crippen LogP contribution in [0.15, 0.2) is 111 Å². The molecule has 0 bridgehead atoms. The molecule has 0 aliphatic carbocycles. The minimum absolute atomic E-state index is 0. The van der Waals surface area contributed by atoms with Gasteiger partial charge in [-0.1, -0.05) is 0 Å². The Bertz CT molecular complexity index is 1320. The van der Waals surface area contributed by atoms with Crippen LogP contribution >= 0.6 is 24.4 Å². The van der Waals surface area contributed by atoms with Gasteiger partial charge in [-0.05, 0) is 73.0 Å². The van der Waals surface area contributed by atoms with Crippen LogP contribution in [0.3, 0.4) is 0 Å². The Balaban J connectivity index is 0.00000160. The van der Waals surface area contributed by atoms with Crippen molar-refractivity contribution in [2.45, 2.75) is 0 Å². The van der Waals surface area contributed by atoms with Gasteiger partial charge in [-0.15, -0.1) is 0 Å². The molecule has 0 atom stereocenters. The normalized spacial score (nSPS) is 19.6. The molecule has 189 valence electrons. The molecule has 37 heavy (non-hydrogen) atoms. The average molecular weight is 616 g/mol. The zero-order valence-corrected chi connectivity index (χ0v) is 22.6. The SMILES string of the molecule is S=C1/N=C(c2ccco2)/C(c2ccco2)=N/C(=S)N/N=C(c2ccco2)/C(c2ccco2)=N/N1.[Cl-].[Cl-].[Mn+2]. The Morgan fingerprint density at radius 2 is 0.811 bits per heavy atom. The third kappa shape index (κ3) is 6.92. The summed E-state index contributed by atoms with van der Waals surface area (Å²) in [4.78, 5) is 8.98. The van der Waals surface area contributed by atoms with E-state index in [2.05, 4.69) is 31.0 Å². The van der Waals surface area contributed by atoms with E-state index in [-0.39, 0.29) is 63.5 Å². The molecule has 5 heterocycles. The van der Waals surface area contributed by atoms with Crippen LogP contribution in [-0.2, 0) is 17.1 Å². The fourth-order valence-corrected chi connectivity index (χ4v) is 3.29. The van der Waals surface area contributed by atoms with E-state index in [4.69, 9.17) is 42.1 Å². The molecule has 15 heteroatoms. The molecule has 0 amide bonds. The summed E-state index contributed by atoms with van der Waals surface area (Å²) >= 11 is 10.9. The number of aliphatic imine (C=N–C) groups is 2. The summed E-state index contributed by atoms with van der Waals surface area (Å²) in [5, 5.41) is 8.85. The van der Waals surface area contributed by atoms with Crippen LogP contribution < -0.4 is 35.7 Å². The van der Waals surface area contributed by atoms with Crippen LogP contribution in [0, 0.1) is 0 Å². The van der Waals surface area contributed by atoms with Crippen molar-refractivity contribution in [3.05, 3.63) is 96.6 Å². The molecule has 1 aliphatic rings. The van der Waals surface area contributed by atoms with Crippen molar-refractivity contribution >= 4 is 57.5 Å². The summed E-state index contributed by atoms with van der Waals surface area (Å²) in [5.74, 6) is 1.61. The van der Waals surface area contributed by atoms with Crippen molar-refractivity contribution in [3.63, 3.8) is 0 Å². The third-order valence-corrected chi connectivity index (χ3v) is 4.79. The topological polar surface area (TPSA) is 126 Å². The van der Waals surface area contributed by atoms with Gasteiger partial charge in [-0.3, -0.25) is 10.9 Å². The summed E-state index contributed by atoms with van der Waals surface area (Å²) in [6.07, 6.45) is 6.04. The van der Waals surface area contributed by atoms with E-state index in [1.54, 1.807) is 48.5 Å². The van der Waals surface area contributed by atoms with E-state index in [9.17, 15) is 0 Å². The number of hydrogen-bond donors (Lipinski definition) is 2. The van der Waals surface area contributed by atoms with Gasteiger partial charge in [-0.2, -0.15) is 10.2 Å². The molecule has 0 saturated heterocycles. The summed E-state index contributed by atoms with van der Waals surface area (Å²) in [5.41, 5.74) is 6.68.